The molecule has 7 heteroatoms. The van der Waals surface area contributed by atoms with E-state index < -0.39 is 0 Å². The number of carbonyl (C=O) groups is 1. The summed E-state index contributed by atoms with van der Waals surface area (Å²) in [6.45, 7) is 4.38. The highest BCUT2D eigenvalue weighted by molar-refractivity contribution is 5.87. The zero-order valence-corrected chi connectivity index (χ0v) is 14.2. The van der Waals surface area contributed by atoms with E-state index in [9.17, 15) is 4.79 Å². The van der Waals surface area contributed by atoms with E-state index in [1.807, 2.05) is 19.3 Å². The van der Waals surface area contributed by atoms with Gasteiger partial charge in [-0.05, 0) is 39.3 Å². The van der Waals surface area contributed by atoms with E-state index in [1.54, 1.807) is 6.33 Å². The average Bonchev–Trinajstić information content (AvgIpc) is 3.03. The summed E-state index contributed by atoms with van der Waals surface area (Å²) in [5.41, 5.74) is 0.823. The largest absolute Gasteiger partial charge is 0.354 e. The molecule has 1 spiro atoms. The number of piperidine rings is 1. The number of nitrogens with one attached hydrogen (secondary N) is 2. The minimum atomic E-state index is -0.0425. The molecule has 2 aromatic rings. The van der Waals surface area contributed by atoms with Crippen LogP contribution in [-0.2, 0) is 4.79 Å². The lowest BCUT2D eigenvalue weighted by molar-refractivity contribution is -0.156. The summed E-state index contributed by atoms with van der Waals surface area (Å²) >= 11 is 0. The van der Waals surface area contributed by atoms with Crippen molar-refractivity contribution in [1.29, 1.82) is 0 Å². The van der Waals surface area contributed by atoms with Gasteiger partial charge in [-0.15, -0.1) is 0 Å². The molecule has 1 amide bonds. The van der Waals surface area contributed by atoms with Crippen LogP contribution in [0.1, 0.15) is 26.2 Å². The van der Waals surface area contributed by atoms with Crippen LogP contribution >= 0.6 is 0 Å². The lowest BCUT2D eigenvalue weighted by atomic mass is 9.73. The Morgan fingerprint density at radius 2 is 2.38 bits per heavy atom. The molecule has 0 aliphatic carbocycles. The zero-order chi connectivity index (χ0) is 16.7. The Kier molecular flexibility index (Phi) is 3.68. The van der Waals surface area contributed by atoms with Crippen molar-refractivity contribution in [2.45, 2.75) is 37.8 Å². The van der Waals surface area contributed by atoms with Crippen molar-refractivity contribution >= 4 is 22.8 Å². The van der Waals surface area contributed by atoms with Crippen molar-refractivity contribution in [3.63, 3.8) is 0 Å². The summed E-state index contributed by atoms with van der Waals surface area (Å²) in [5.74, 6) is 1.17. The van der Waals surface area contributed by atoms with Gasteiger partial charge in [-0.25, -0.2) is 9.97 Å². The third-order valence-electron chi connectivity index (χ3n) is 5.41. The monoisotopic (exact) mass is 328 g/mol. The first-order valence-electron chi connectivity index (χ1n) is 8.64. The van der Waals surface area contributed by atoms with Gasteiger partial charge in [-0.2, -0.15) is 0 Å². The molecule has 2 aromatic heterocycles. The smallest absolute Gasteiger partial charge is 0.237 e. The number of amides is 1. The molecule has 2 saturated heterocycles. The molecular weight excluding hydrogens is 304 g/mol. The van der Waals surface area contributed by atoms with E-state index in [4.69, 9.17) is 0 Å². The van der Waals surface area contributed by atoms with Crippen LogP contribution in [0.15, 0.2) is 18.6 Å². The second-order valence-corrected chi connectivity index (χ2v) is 7.03. The Bertz CT molecular complexity index is 754. The highest BCUT2D eigenvalue weighted by Crippen LogP contribution is 2.44. The van der Waals surface area contributed by atoms with Crippen LogP contribution in [0.5, 0.6) is 0 Å². The third kappa shape index (κ3) is 2.26. The van der Waals surface area contributed by atoms with Gasteiger partial charge in [0.15, 0.2) is 0 Å². The van der Waals surface area contributed by atoms with Gasteiger partial charge in [0.2, 0.25) is 5.91 Å². The molecule has 4 heterocycles. The van der Waals surface area contributed by atoms with Gasteiger partial charge < -0.3 is 20.1 Å². The third-order valence-corrected chi connectivity index (χ3v) is 5.41. The Hall–Kier alpha value is -2.15. The molecule has 128 valence electrons. The van der Waals surface area contributed by atoms with E-state index in [0.29, 0.717) is 12.6 Å². The van der Waals surface area contributed by atoms with Gasteiger partial charge in [-0.3, -0.25) is 4.79 Å². The molecule has 0 radical (unpaired) electrons. The highest BCUT2D eigenvalue weighted by Gasteiger charge is 2.53. The molecule has 2 aliphatic rings. The van der Waals surface area contributed by atoms with Crippen molar-refractivity contribution < 1.29 is 4.79 Å². The summed E-state index contributed by atoms with van der Waals surface area (Å²) < 4.78 is 0. The lowest BCUT2D eigenvalue weighted by Gasteiger charge is -2.61. The van der Waals surface area contributed by atoms with Crippen molar-refractivity contribution in [3.05, 3.63) is 18.6 Å². The fourth-order valence-electron chi connectivity index (χ4n) is 4.61. The van der Waals surface area contributed by atoms with Crippen molar-refractivity contribution in [2.75, 3.05) is 31.6 Å². The molecular formula is C17H24N6O. The maximum absolute atomic E-state index is 12.5. The second kappa shape index (κ2) is 5.73. The van der Waals surface area contributed by atoms with Gasteiger partial charge in [0.25, 0.3) is 0 Å². The Balaban J connectivity index is 1.62. The van der Waals surface area contributed by atoms with E-state index >= 15 is 0 Å². The quantitative estimate of drug-likeness (QED) is 0.883. The fourth-order valence-corrected chi connectivity index (χ4v) is 4.61. The molecule has 0 aromatic carbocycles. The first-order chi connectivity index (χ1) is 11.6. The van der Waals surface area contributed by atoms with E-state index in [0.717, 1.165) is 49.2 Å². The van der Waals surface area contributed by atoms with Crippen LogP contribution in [0.3, 0.4) is 0 Å². The number of aromatic amines is 1. The molecule has 0 saturated carbocycles. The van der Waals surface area contributed by atoms with E-state index in [2.05, 4.69) is 37.0 Å². The zero-order valence-electron chi connectivity index (χ0n) is 14.2. The molecule has 2 aliphatic heterocycles. The topological polar surface area (TPSA) is 77.2 Å². The van der Waals surface area contributed by atoms with Crippen LogP contribution in [-0.4, -0.2) is 64.0 Å². The second-order valence-electron chi connectivity index (χ2n) is 7.03. The maximum Gasteiger partial charge on any atom is 0.237 e. The van der Waals surface area contributed by atoms with E-state index in [1.165, 1.54) is 0 Å². The van der Waals surface area contributed by atoms with Crippen molar-refractivity contribution in [3.8, 4) is 0 Å². The number of fused-ring (bicyclic) bond motifs is 1. The van der Waals surface area contributed by atoms with Crippen LogP contribution < -0.4 is 10.2 Å². The molecule has 2 unspecified atom stereocenters. The molecule has 2 atom stereocenters. The number of anilines is 1. The van der Waals surface area contributed by atoms with Crippen LogP contribution in [0.2, 0.25) is 0 Å². The molecule has 24 heavy (non-hydrogen) atoms. The van der Waals surface area contributed by atoms with Crippen LogP contribution in [0, 0.1) is 0 Å². The van der Waals surface area contributed by atoms with Gasteiger partial charge >= 0.3 is 0 Å². The number of H-pyrrole nitrogens is 1. The minimum Gasteiger partial charge on any atom is -0.354 e. The molecule has 0 bridgehead atoms. The van der Waals surface area contributed by atoms with Gasteiger partial charge in [0.05, 0.1) is 17.5 Å². The summed E-state index contributed by atoms with van der Waals surface area (Å²) in [7, 11) is 1.83. The Morgan fingerprint density at radius 1 is 1.50 bits per heavy atom. The van der Waals surface area contributed by atoms with Gasteiger partial charge in [0.1, 0.15) is 17.8 Å². The van der Waals surface area contributed by atoms with Crippen LogP contribution in [0.25, 0.3) is 11.0 Å². The van der Waals surface area contributed by atoms with Crippen LogP contribution in [0.4, 0.5) is 5.82 Å². The normalized spacial score (nSPS) is 26.8. The number of hydrogen-bond acceptors (Lipinski definition) is 5. The predicted octanol–water partition coefficient (Wildman–Crippen LogP) is 1.14. The number of rotatable bonds is 3. The highest BCUT2D eigenvalue weighted by atomic mass is 16.2. The summed E-state index contributed by atoms with van der Waals surface area (Å²) in [4.78, 5) is 28.9. The number of likely N-dealkylation sites (N-methyl/N-ethyl adjacent to an activating group) is 1. The Labute approximate surface area is 141 Å². The molecule has 4 rings (SSSR count). The summed E-state index contributed by atoms with van der Waals surface area (Å²) in [6.07, 6.45) is 6.73. The number of carbonyl (C=O) groups excluding carboxylic acids is 1. The standard InChI is InChI=1S/C17H24N6O/c1-12-8-17(23(12)14(24)9-18-2)5-3-7-22(10-17)16-13-4-6-19-15(13)20-11-21-16/h4,6,11-12,18H,3,5,7-10H2,1-2H3,(H,19,20,21). The first kappa shape index (κ1) is 15.4. The molecule has 2 N–H and O–H groups in total. The summed E-state index contributed by atoms with van der Waals surface area (Å²) in [5, 5.41) is 4.04. The number of hydrogen-bond donors (Lipinski definition) is 2. The van der Waals surface area contributed by atoms with Crippen molar-refractivity contribution in [2.24, 2.45) is 0 Å². The lowest BCUT2D eigenvalue weighted by Crippen LogP contribution is -2.73. The van der Waals surface area contributed by atoms with E-state index in [-0.39, 0.29) is 11.4 Å². The number of aromatic nitrogens is 3. The molecule has 2 fully saturated rings. The first-order valence-corrected chi connectivity index (χ1v) is 8.64. The summed E-state index contributed by atoms with van der Waals surface area (Å²) in [6, 6.07) is 2.35. The molecule has 7 nitrogen and oxygen atoms in total. The maximum atomic E-state index is 12.5. The predicted molar refractivity (Wildman–Crippen MR) is 92.9 cm³/mol. The minimum absolute atomic E-state index is 0.0425. The number of likely N-dealkylation sites (tertiary alicyclic amines) is 1. The van der Waals surface area contributed by atoms with Gasteiger partial charge in [0, 0.05) is 25.3 Å². The van der Waals surface area contributed by atoms with Crippen molar-refractivity contribution in [1.82, 2.24) is 25.2 Å². The number of nitrogens with zero attached hydrogens (tertiary/aromatic N) is 4. The average molecular weight is 328 g/mol. The Morgan fingerprint density at radius 3 is 3.17 bits per heavy atom. The van der Waals surface area contributed by atoms with Gasteiger partial charge in [-0.1, -0.05) is 0 Å². The fraction of sp³-hybridized carbons (Fsp3) is 0.588. The SMILES string of the molecule is CNCC(=O)N1C(C)CC12CCCN(c1ncnc3[nH]ccc13)C2.